The van der Waals surface area contributed by atoms with Crippen molar-refractivity contribution in [3.8, 4) is 0 Å². The van der Waals surface area contributed by atoms with Crippen molar-refractivity contribution in [2.24, 2.45) is 0 Å². The molecule has 19 heavy (non-hydrogen) atoms. The molecule has 2 aromatic rings. The molecule has 0 unspecified atom stereocenters. The number of rotatable bonds is 0. The van der Waals surface area contributed by atoms with Crippen LogP contribution < -0.4 is 11.5 Å². The van der Waals surface area contributed by atoms with Crippen LogP contribution in [-0.4, -0.2) is 15.0 Å². The normalized spacial score (nSPS) is 10.5. The lowest BCUT2D eigenvalue weighted by Gasteiger charge is -2.07. The van der Waals surface area contributed by atoms with Gasteiger partial charge in [-0.1, -0.05) is 6.07 Å². The molecule has 0 amide bonds. The fourth-order valence-corrected chi connectivity index (χ4v) is 1.08. The van der Waals surface area contributed by atoms with E-state index in [9.17, 15) is 13.2 Å². The number of pyridine rings is 1. The Kier molecular flexibility index (Phi) is 4.62. The number of halogens is 3. The Morgan fingerprint density at radius 1 is 1.16 bits per heavy atom. The topological polar surface area (TPSA) is 90.7 Å². The van der Waals surface area contributed by atoms with Crippen molar-refractivity contribution < 1.29 is 13.2 Å². The van der Waals surface area contributed by atoms with Crippen LogP contribution in [0.3, 0.4) is 0 Å². The first-order chi connectivity index (χ1) is 8.80. The van der Waals surface area contributed by atoms with E-state index in [4.69, 9.17) is 11.5 Å². The van der Waals surface area contributed by atoms with Gasteiger partial charge in [-0.05, 0) is 18.6 Å². The van der Waals surface area contributed by atoms with E-state index in [0.717, 1.165) is 0 Å². The molecule has 0 aliphatic carbocycles. The molecule has 0 fully saturated rings. The van der Waals surface area contributed by atoms with Gasteiger partial charge in [-0.15, -0.1) is 0 Å². The molecule has 0 bridgehead atoms. The van der Waals surface area contributed by atoms with Gasteiger partial charge in [-0.25, -0.2) is 4.98 Å². The number of aryl methyl sites for hydroxylation is 1. The van der Waals surface area contributed by atoms with E-state index in [1.807, 2.05) is 25.3 Å². The number of nitrogens with two attached hydrogens (primary N) is 2. The predicted octanol–water partition coefficient (Wildman–Crippen LogP) is 2.05. The van der Waals surface area contributed by atoms with Crippen molar-refractivity contribution >= 4 is 11.8 Å². The van der Waals surface area contributed by atoms with Crippen molar-refractivity contribution in [2.45, 2.75) is 13.1 Å². The van der Waals surface area contributed by atoms with Gasteiger partial charge in [0.05, 0.1) is 0 Å². The predicted molar refractivity (Wildman–Crippen MR) is 64.8 cm³/mol. The second kappa shape index (κ2) is 5.98. The number of aromatic nitrogens is 3. The highest BCUT2D eigenvalue weighted by Gasteiger charge is 2.34. The van der Waals surface area contributed by atoms with E-state index < -0.39 is 17.6 Å². The highest BCUT2D eigenvalue weighted by atomic mass is 19.4. The van der Waals surface area contributed by atoms with Crippen molar-refractivity contribution in [3.63, 3.8) is 0 Å². The largest absolute Gasteiger partial charge is 0.421 e. The quantitative estimate of drug-likeness (QED) is 0.765. The maximum absolute atomic E-state index is 12.0. The molecule has 0 radical (unpaired) electrons. The molecule has 0 aliphatic rings. The Hall–Kier alpha value is -2.38. The number of hydrogen-bond donors (Lipinski definition) is 2. The summed E-state index contributed by atoms with van der Waals surface area (Å²) in [5.74, 6) is -0.935. The Balaban J connectivity index is 0.000000218. The maximum Gasteiger partial charge on any atom is 0.421 e. The van der Waals surface area contributed by atoms with Crippen molar-refractivity contribution in [2.75, 3.05) is 11.5 Å². The molecule has 0 aromatic carbocycles. The SMILES string of the molecule is Cc1cccnc1.Nc1ncc(C(F)(F)F)c(N)n1. The van der Waals surface area contributed by atoms with Crippen molar-refractivity contribution in [3.05, 3.63) is 41.9 Å². The number of nitrogen functional groups attached to an aromatic ring is 2. The Labute approximate surface area is 107 Å². The number of alkyl halides is 3. The minimum atomic E-state index is -4.53. The number of nitrogens with zero attached hydrogens (tertiary/aromatic N) is 3. The lowest BCUT2D eigenvalue weighted by atomic mass is 10.3. The molecule has 0 spiro atoms. The van der Waals surface area contributed by atoms with E-state index in [1.165, 1.54) is 5.56 Å². The molecule has 0 saturated heterocycles. The van der Waals surface area contributed by atoms with Gasteiger partial charge in [-0.3, -0.25) is 4.98 Å². The van der Waals surface area contributed by atoms with E-state index >= 15 is 0 Å². The second-order valence-electron chi connectivity index (χ2n) is 3.56. The minimum absolute atomic E-state index is 0.277. The van der Waals surface area contributed by atoms with Crippen LogP contribution in [0.1, 0.15) is 11.1 Å². The highest BCUT2D eigenvalue weighted by Crippen LogP contribution is 2.31. The summed E-state index contributed by atoms with van der Waals surface area (Å²) in [4.78, 5) is 10.2. The zero-order chi connectivity index (χ0) is 14.5. The zero-order valence-corrected chi connectivity index (χ0v) is 10.0. The maximum atomic E-state index is 12.0. The number of anilines is 2. The first-order valence-corrected chi connectivity index (χ1v) is 5.12. The van der Waals surface area contributed by atoms with Gasteiger partial charge in [0.2, 0.25) is 5.95 Å². The summed E-state index contributed by atoms with van der Waals surface area (Å²) in [6, 6.07) is 3.95. The zero-order valence-electron chi connectivity index (χ0n) is 10.0. The molecule has 0 saturated carbocycles. The second-order valence-corrected chi connectivity index (χ2v) is 3.56. The molecule has 2 heterocycles. The summed E-state index contributed by atoms with van der Waals surface area (Å²) in [5, 5.41) is 0. The van der Waals surface area contributed by atoms with Crippen molar-refractivity contribution in [1.82, 2.24) is 15.0 Å². The minimum Gasteiger partial charge on any atom is -0.383 e. The molecule has 8 heteroatoms. The smallest absolute Gasteiger partial charge is 0.383 e. The lowest BCUT2D eigenvalue weighted by molar-refractivity contribution is -0.137. The van der Waals surface area contributed by atoms with Crippen molar-refractivity contribution in [1.29, 1.82) is 0 Å². The van der Waals surface area contributed by atoms with Gasteiger partial charge < -0.3 is 11.5 Å². The molecule has 5 nitrogen and oxygen atoms in total. The van der Waals surface area contributed by atoms with Crippen LogP contribution in [0.25, 0.3) is 0 Å². The van der Waals surface area contributed by atoms with Crippen LogP contribution in [0.5, 0.6) is 0 Å². The summed E-state index contributed by atoms with van der Waals surface area (Å²) in [7, 11) is 0. The molecule has 2 aromatic heterocycles. The van der Waals surface area contributed by atoms with Crippen LogP contribution in [-0.2, 0) is 6.18 Å². The first kappa shape index (κ1) is 14.7. The fourth-order valence-electron chi connectivity index (χ4n) is 1.08. The van der Waals surface area contributed by atoms with Gasteiger partial charge in [0.1, 0.15) is 11.4 Å². The Bertz CT molecular complexity index is 528. The van der Waals surface area contributed by atoms with Gasteiger partial charge >= 0.3 is 6.18 Å². The molecule has 0 atom stereocenters. The van der Waals surface area contributed by atoms with Crippen LogP contribution in [0.2, 0.25) is 0 Å². The van der Waals surface area contributed by atoms with E-state index in [1.54, 1.807) is 6.20 Å². The fraction of sp³-hybridized carbons (Fsp3) is 0.182. The summed E-state index contributed by atoms with van der Waals surface area (Å²) in [6.07, 6.45) is -0.373. The monoisotopic (exact) mass is 271 g/mol. The van der Waals surface area contributed by atoms with Gasteiger partial charge in [0.15, 0.2) is 0 Å². The van der Waals surface area contributed by atoms with E-state index in [-0.39, 0.29) is 5.95 Å². The molecule has 0 aliphatic heterocycles. The average Bonchev–Trinajstić information content (AvgIpc) is 2.28. The lowest BCUT2D eigenvalue weighted by Crippen LogP contribution is -2.12. The molecular weight excluding hydrogens is 259 g/mol. The van der Waals surface area contributed by atoms with Gasteiger partial charge in [0, 0.05) is 18.6 Å². The Morgan fingerprint density at radius 3 is 2.21 bits per heavy atom. The van der Waals surface area contributed by atoms with Crippen LogP contribution in [0.15, 0.2) is 30.7 Å². The van der Waals surface area contributed by atoms with Crippen LogP contribution >= 0.6 is 0 Å². The summed E-state index contributed by atoms with van der Waals surface area (Å²) in [6.45, 7) is 2.02. The molecule has 102 valence electrons. The van der Waals surface area contributed by atoms with E-state index in [2.05, 4.69) is 15.0 Å². The van der Waals surface area contributed by atoms with Gasteiger partial charge in [-0.2, -0.15) is 18.2 Å². The third-order valence-corrected chi connectivity index (χ3v) is 1.95. The Morgan fingerprint density at radius 2 is 1.84 bits per heavy atom. The van der Waals surface area contributed by atoms with E-state index in [0.29, 0.717) is 6.20 Å². The summed E-state index contributed by atoms with van der Waals surface area (Å²) >= 11 is 0. The average molecular weight is 271 g/mol. The molecular formula is C11H12F3N5. The number of hydrogen-bond acceptors (Lipinski definition) is 5. The first-order valence-electron chi connectivity index (χ1n) is 5.12. The summed E-state index contributed by atoms with van der Waals surface area (Å²) in [5.41, 5.74) is 10.1. The van der Waals surface area contributed by atoms with Crippen LogP contribution in [0.4, 0.5) is 24.9 Å². The highest BCUT2D eigenvalue weighted by molar-refractivity contribution is 5.42. The molecule has 4 N–H and O–H groups in total. The third kappa shape index (κ3) is 4.78. The molecule has 2 rings (SSSR count). The summed E-state index contributed by atoms with van der Waals surface area (Å²) < 4.78 is 35.9. The third-order valence-electron chi connectivity index (χ3n) is 1.95. The standard InChI is InChI=1S/C6H7N.C5H5F3N4/c1-6-3-2-4-7-5-6;6-5(7,8)2-1-11-4(10)12-3(2)9/h2-5H,1H3;1H,(H4,9,10,11,12). The van der Waals surface area contributed by atoms with Crippen LogP contribution in [0, 0.1) is 6.92 Å². The van der Waals surface area contributed by atoms with Gasteiger partial charge in [0.25, 0.3) is 0 Å².